The van der Waals surface area contributed by atoms with E-state index in [4.69, 9.17) is 0 Å². The van der Waals surface area contributed by atoms with Gasteiger partial charge >= 0.3 is 0 Å². The monoisotopic (exact) mass is 530 g/mol. The van der Waals surface area contributed by atoms with E-state index in [0.717, 1.165) is 50.5 Å². The summed E-state index contributed by atoms with van der Waals surface area (Å²) in [5.74, 6) is -0.602. The predicted molar refractivity (Wildman–Crippen MR) is 151 cm³/mol. The molecule has 0 bridgehead atoms. The van der Waals surface area contributed by atoms with Crippen LogP contribution in [0.4, 0.5) is 4.39 Å². The molecule has 6 nitrogen and oxygen atoms in total. The van der Waals surface area contributed by atoms with Gasteiger partial charge in [-0.3, -0.25) is 9.59 Å². The third-order valence-corrected chi connectivity index (χ3v) is 9.09. The van der Waals surface area contributed by atoms with Gasteiger partial charge in [0.2, 0.25) is 5.91 Å². The molecule has 0 spiro atoms. The van der Waals surface area contributed by atoms with Gasteiger partial charge in [0.25, 0.3) is 5.91 Å². The number of hydrogen-bond acceptors (Lipinski definition) is 2. The molecular weight excluding hydrogens is 491 g/mol. The molecule has 2 aliphatic carbocycles. The maximum absolute atomic E-state index is 14.5. The summed E-state index contributed by atoms with van der Waals surface area (Å²) in [6.07, 6.45) is 18.0. The second-order valence-electron chi connectivity index (χ2n) is 11.8. The molecule has 0 saturated heterocycles. The standard InChI is InChI=1S/C32H39FN4O2/c1-32(31(39)34-25-13-7-2-3-8-14-25)22-36-27-16-15-24(33)21-26(27)28(35-18-9-10-19-35)29(36)30(38)37(32)20-17-23-11-5-4-6-12-23/h9-11,15-16,18-19,21,25H,2-8,12-14,17,20,22H2,1H3,(H,34,39)/t32-/m0/s1. The first-order valence-corrected chi connectivity index (χ1v) is 14.7. The number of fused-ring (bicyclic) bond motifs is 3. The van der Waals surface area contributed by atoms with Crippen molar-refractivity contribution in [1.29, 1.82) is 0 Å². The van der Waals surface area contributed by atoms with Crippen molar-refractivity contribution < 1.29 is 14.0 Å². The fourth-order valence-corrected chi connectivity index (χ4v) is 6.87. The van der Waals surface area contributed by atoms with E-state index < -0.39 is 5.54 Å². The molecular formula is C32H39FN4O2. The number of benzene rings is 1. The van der Waals surface area contributed by atoms with Crippen LogP contribution in [0.3, 0.4) is 0 Å². The normalized spacial score (nSPS) is 22.5. The van der Waals surface area contributed by atoms with E-state index >= 15 is 0 Å². The average Bonchev–Trinajstić information content (AvgIpc) is 3.48. The number of rotatable bonds is 6. The molecule has 3 aliphatic rings. The number of amides is 2. The van der Waals surface area contributed by atoms with Crippen molar-refractivity contribution in [3.8, 4) is 5.69 Å². The van der Waals surface area contributed by atoms with Crippen LogP contribution in [0, 0.1) is 5.82 Å². The minimum absolute atomic E-state index is 0.0856. The Kier molecular flexibility index (Phi) is 7.08. The first-order chi connectivity index (χ1) is 19.0. The van der Waals surface area contributed by atoms with Crippen LogP contribution >= 0.6 is 0 Å². The molecule has 6 rings (SSSR count). The Hall–Kier alpha value is -3.35. The minimum Gasteiger partial charge on any atom is -0.351 e. The van der Waals surface area contributed by atoms with E-state index in [1.54, 1.807) is 6.07 Å². The van der Waals surface area contributed by atoms with Crippen molar-refractivity contribution in [2.75, 3.05) is 6.54 Å². The summed E-state index contributed by atoms with van der Waals surface area (Å²) in [6.45, 7) is 2.73. The first kappa shape index (κ1) is 25.9. The zero-order chi connectivity index (χ0) is 27.0. The molecule has 1 N–H and O–H groups in total. The fourth-order valence-electron chi connectivity index (χ4n) is 6.87. The molecule has 1 aliphatic heterocycles. The van der Waals surface area contributed by atoms with Crippen molar-refractivity contribution in [3.63, 3.8) is 0 Å². The molecule has 0 radical (unpaired) electrons. The minimum atomic E-state index is -1.06. The molecule has 1 fully saturated rings. The maximum atomic E-state index is 14.5. The molecule has 2 aromatic heterocycles. The molecule has 206 valence electrons. The zero-order valence-electron chi connectivity index (χ0n) is 22.9. The molecule has 7 heteroatoms. The third kappa shape index (κ3) is 4.81. The average molecular weight is 531 g/mol. The van der Waals surface area contributed by atoms with Crippen molar-refractivity contribution in [2.24, 2.45) is 0 Å². The molecule has 3 heterocycles. The number of aromatic nitrogens is 2. The Morgan fingerprint density at radius 1 is 1.08 bits per heavy atom. The van der Waals surface area contributed by atoms with Crippen molar-refractivity contribution in [1.82, 2.24) is 19.4 Å². The van der Waals surface area contributed by atoms with Crippen LogP contribution in [-0.4, -0.2) is 44.0 Å². The zero-order valence-corrected chi connectivity index (χ0v) is 22.9. The van der Waals surface area contributed by atoms with Crippen LogP contribution in [0.25, 0.3) is 16.6 Å². The lowest BCUT2D eigenvalue weighted by Crippen LogP contribution is -2.65. The number of carbonyl (C=O) groups excluding carboxylic acids is 2. The highest BCUT2D eigenvalue weighted by Gasteiger charge is 2.49. The van der Waals surface area contributed by atoms with Gasteiger partial charge < -0.3 is 19.4 Å². The van der Waals surface area contributed by atoms with Gasteiger partial charge in [0.15, 0.2) is 0 Å². The maximum Gasteiger partial charge on any atom is 0.273 e. The molecule has 1 saturated carbocycles. The summed E-state index contributed by atoms with van der Waals surface area (Å²) in [5.41, 5.74) is 2.28. The van der Waals surface area contributed by atoms with Crippen molar-refractivity contribution in [3.05, 3.63) is 65.9 Å². The van der Waals surface area contributed by atoms with E-state index in [-0.39, 0.29) is 23.7 Å². The number of nitrogens with one attached hydrogen (secondary N) is 1. The highest BCUT2D eigenvalue weighted by atomic mass is 19.1. The SMILES string of the molecule is C[C@@]1(C(=O)NC2CCCCCC2)Cn2c(c(-n3cccc3)c3cc(F)ccc32)C(=O)N1CCC1=CCCCC1. The summed E-state index contributed by atoms with van der Waals surface area (Å²) in [7, 11) is 0. The third-order valence-electron chi connectivity index (χ3n) is 9.09. The Morgan fingerprint density at radius 3 is 2.56 bits per heavy atom. The Morgan fingerprint density at radius 2 is 1.85 bits per heavy atom. The van der Waals surface area contributed by atoms with Crippen LogP contribution in [-0.2, 0) is 11.3 Å². The molecule has 1 atom stereocenters. The Labute approximate surface area is 229 Å². The van der Waals surface area contributed by atoms with Gasteiger partial charge in [-0.15, -0.1) is 0 Å². The summed E-state index contributed by atoms with van der Waals surface area (Å²) in [5, 5.41) is 4.03. The quantitative estimate of drug-likeness (QED) is 0.292. The van der Waals surface area contributed by atoms with E-state index in [2.05, 4.69) is 11.4 Å². The number of halogens is 1. The van der Waals surface area contributed by atoms with E-state index in [9.17, 15) is 14.0 Å². The summed E-state index contributed by atoms with van der Waals surface area (Å²) >= 11 is 0. The van der Waals surface area contributed by atoms with Gasteiger partial charge in [-0.05, 0) is 82.2 Å². The van der Waals surface area contributed by atoms with E-state index in [1.807, 2.05) is 45.5 Å². The Balaban J connectivity index is 1.44. The topological polar surface area (TPSA) is 59.3 Å². The largest absolute Gasteiger partial charge is 0.351 e. The van der Waals surface area contributed by atoms with E-state index in [1.165, 1.54) is 43.4 Å². The van der Waals surface area contributed by atoms with Crippen molar-refractivity contribution >= 4 is 22.7 Å². The highest BCUT2D eigenvalue weighted by Crippen LogP contribution is 2.39. The van der Waals surface area contributed by atoms with Crippen LogP contribution in [0.2, 0.25) is 0 Å². The lowest BCUT2D eigenvalue weighted by molar-refractivity contribution is -0.133. The number of allylic oxidation sites excluding steroid dienone is 1. The van der Waals surface area contributed by atoms with Gasteiger partial charge in [-0.1, -0.05) is 37.3 Å². The lowest BCUT2D eigenvalue weighted by Gasteiger charge is -2.45. The summed E-state index contributed by atoms with van der Waals surface area (Å²) < 4.78 is 18.4. The fraction of sp³-hybridized carbons (Fsp3) is 0.500. The molecule has 39 heavy (non-hydrogen) atoms. The predicted octanol–water partition coefficient (Wildman–Crippen LogP) is 6.52. The first-order valence-electron chi connectivity index (χ1n) is 14.7. The second kappa shape index (κ2) is 10.7. The summed E-state index contributed by atoms with van der Waals surface area (Å²) in [6, 6.07) is 8.62. The molecule has 0 unspecified atom stereocenters. The van der Waals surface area contributed by atoms with Crippen LogP contribution in [0.1, 0.15) is 88.0 Å². The molecule has 2 amide bonds. The number of carbonyl (C=O) groups is 2. The molecule has 3 aromatic rings. The van der Waals surface area contributed by atoms with Crippen LogP contribution in [0.15, 0.2) is 54.4 Å². The van der Waals surface area contributed by atoms with Crippen molar-refractivity contribution in [2.45, 2.75) is 95.7 Å². The second-order valence-corrected chi connectivity index (χ2v) is 11.8. The highest BCUT2D eigenvalue weighted by molar-refractivity contribution is 6.09. The molecule has 1 aromatic carbocycles. The number of nitrogens with zero attached hydrogens (tertiary/aromatic N) is 3. The summed E-state index contributed by atoms with van der Waals surface area (Å²) in [4.78, 5) is 30.5. The van der Waals surface area contributed by atoms with Gasteiger partial charge in [0.05, 0.1) is 17.7 Å². The van der Waals surface area contributed by atoms with Gasteiger partial charge in [-0.2, -0.15) is 0 Å². The van der Waals surface area contributed by atoms with Crippen LogP contribution < -0.4 is 5.32 Å². The smallest absolute Gasteiger partial charge is 0.273 e. The Bertz CT molecular complexity index is 1400. The van der Waals surface area contributed by atoms with E-state index in [0.29, 0.717) is 29.9 Å². The van der Waals surface area contributed by atoms with Gasteiger partial charge in [-0.25, -0.2) is 4.39 Å². The van der Waals surface area contributed by atoms with Crippen LogP contribution in [0.5, 0.6) is 0 Å². The lowest BCUT2D eigenvalue weighted by atomic mass is 9.91. The number of hydrogen-bond donors (Lipinski definition) is 1. The van der Waals surface area contributed by atoms with Gasteiger partial charge in [0.1, 0.15) is 17.1 Å². The van der Waals surface area contributed by atoms with Gasteiger partial charge in [0, 0.05) is 30.4 Å².